The fourth-order valence-electron chi connectivity index (χ4n) is 3.63. The van der Waals surface area contributed by atoms with Crippen LogP contribution in [0.3, 0.4) is 0 Å². The summed E-state index contributed by atoms with van der Waals surface area (Å²) in [5.41, 5.74) is 6.95. The molecule has 12 heteroatoms. The van der Waals surface area contributed by atoms with Crippen molar-refractivity contribution in [1.82, 2.24) is 19.7 Å². The van der Waals surface area contributed by atoms with Crippen LogP contribution in [-0.2, 0) is 11.8 Å². The van der Waals surface area contributed by atoms with E-state index in [-0.39, 0.29) is 29.0 Å². The zero-order chi connectivity index (χ0) is 24.0. The highest BCUT2D eigenvalue weighted by Crippen LogP contribution is 2.45. The van der Waals surface area contributed by atoms with E-state index in [1.807, 2.05) is 0 Å². The molecule has 5 rings (SSSR count). The highest BCUT2D eigenvalue weighted by Gasteiger charge is 2.30. The largest absolute Gasteiger partial charge is 0.482 e. The average molecular weight is 490 g/mol. The number of aromatic amines is 1. The number of nitrogen functional groups attached to an aromatic ring is 1. The Morgan fingerprint density at radius 2 is 2.06 bits per heavy atom. The molecule has 1 atom stereocenters. The van der Waals surface area contributed by atoms with E-state index in [1.54, 1.807) is 31.0 Å². The summed E-state index contributed by atoms with van der Waals surface area (Å²) in [5, 5.41) is 4.03. The number of nitrogens with one attached hydrogen (secondary N) is 1. The zero-order valence-corrected chi connectivity index (χ0v) is 18.9. The first-order valence-corrected chi connectivity index (χ1v) is 10.7. The second-order valence-electron chi connectivity index (χ2n) is 7.83. The standard InChI is InChI=1S/C22H19ClF2N6O3/c1-10(22-29-9-31(2)30-22)33-20-15(34-11-6-32-7-11)5-13(19-16(20)21(26)28-8-27-19)12-3-4-14(24)17(23)18(12)25/h3-5,8-11H,6-7H2,1-2H3,(H2,26,27,28)/p+1/t10-/m0/s1. The first-order chi connectivity index (χ1) is 16.3. The van der Waals surface area contributed by atoms with Crippen LogP contribution in [0.15, 0.2) is 30.9 Å². The molecule has 3 N–H and O–H groups in total. The Labute approximate surface area is 197 Å². The maximum atomic E-state index is 15.0. The Bertz CT molecular complexity index is 1400. The van der Waals surface area contributed by atoms with Crippen molar-refractivity contribution in [2.45, 2.75) is 19.1 Å². The minimum Gasteiger partial charge on any atom is -0.482 e. The van der Waals surface area contributed by atoms with Gasteiger partial charge >= 0.3 is 0 Å². The predicted molar refractivity (Wildman–Crippen MR) is 118 cm³/mol. The molecule has 2 aromatic carbocycles. The molecule has 0 unspecified atom stereocenters. The summed E-state index contributed by atoms with van der Waals surface area (Å²) in [4.78, 5) is 11.5. The average Bonchev–Trinajstić information content (AvgIpc) is 3.22. The summed E-state index contributed by atoms with van der Waals surface area (Å²) in [6.45, 7) is 2.55. The highest BCUT2D eigenvalue weighted by atomic mass is 35.5. The van der Waals surface area contributed by atoms with Gasteiger partial charge in [-0.25, -0.2) is 18.7 Å². The first-order valence-electron chi connectivity index (χ1n) is 10.4. The van der Waals surface area contributed by atoms with E-state index in [4.69, 9.17) is 31.5 Å². The summed E-state index contributed by atoms with van der Waals surface area (Å²) < 4.78 is 48.0. The molecule has 1 fully saturated rings. The van der Waals surface area contributed by atoms with Gasteiger partial charge in [0.15, 0.2) is 34.8 Å². The lowest BCUT2D eigenvalue weighted by atomic mass is 10.00. The third-order valence-corrected chi connectivity index (χ3v) is 5.75. The summed E-state index contributed by atoms with van der Waals surface area (Å²) in [6.07, 6.45) is 2.12. The molecule has 0 aliphatic carbocycles. The van der Waals surface area contributed by atoms with E-state index in [2.05, 4.69) is 20.1 Å². The Morgan fingerprint density at radius 3 is 2.74 bits per heavy atom. The van der Waals surface area contributed by atoms with Gasteiger partial charge in [-0.05, 0) is 25.1 Å². The van der Waals surface area contributed by atoms with E-state index in [1.165, 1.54) is 12.4 Å². The van der Waals surface area contributed by atoms with Crippen LogP contribution >= 0.6 is 11.6 Å². The van der Waals surface area contributed by atoms with Crippen molar-refractivity contribution in [3.05, 3.63) is 53.3 Å². The van der Waals surface area contributed by atoms with Crippen LogP contribution in [0.5, 0.6) is 11.5 Å². The van der Waals surface area contributed by atoms with Gasteiger partial charge in [-0.2, -0.15) is 5.10 Å². The molecule has 1 aliphatic rings. The van der Waals surface area contributed by atoms with E-state index >= 15 is 4.39 Å². The molecule has 2 aromatic heterocycles. The van der Waals surface area contributed by atoms with Gasteiger partial charge in [-0.1, -0.05) is 11.6 Å². The normalized spacial score (nSPS) is 14.7. The second-order valence-corrected chi connectivity index (χ2v) is 8.21. The van der Waals surface area contributed by atoms with Crippen LogP contribution in [-0.4, -0.2) is 39.1 Å². The van der Waals surface area contributed by atoms with Gasteiger partial charge in [0.1, 0.15) is 28.7 Å². The molecule has 0 amide bonds. The molecule has 0 saturated carbocycles. The van der Waals surface area contributed by atoms with Gasteiger partial charge in [-0.3, -0.25) is 4.68 Å². The van der Waals surface area contributed by atoms with Crippen LogP contribution < -0.4 is 20.2 Å². The van der Waals surface area contributed by atoms with Crippen molar-refractivity contribution in [1.29, 1.82) is 0 Å². The van der Waals surface area contributed by atoms with Gasteiger partial charge in [0.05, 0.1) is 13.2 Å². The molecule has 0 spiro atoms. The quantitative estimate of drug-likeness (QED) is 0.414. The Hall–Kier alpha value is -3.57. The fraction of sp³-hybridized carbons (Fsp3) is 0.273. The summed E-state index contributed by atoms with van der Waals surface area (Å²) in [5.74, 6) is -0.569. The van der Waals surface area contributed by atoms with Crippen LogP contribution in [0.25, 0.3) is 22.0 Å². The Morgan fingerprint density at radius 1 is 1.26 bits per heavy atom. The number of nitrogens with zero attached hydrogens (tertiary/aromatic N) is 4. The molecule has 34 heavy (non-hydrogen) atoms. The lowest BCUT2D eigenvalue weighted by molar-refractivity contribution is -0.363. The van der Waals surface area contributed by atoms with Gasteiger partial charge in [0.25, 0.3) is 0 Å². The molecule has 176 valence electrons. The minimum atomic E-state index is -0.922. The van der Waals surface area contributed by atoms with E-state index in [9.17, 15) is 4.39 Å². The molecule has 3 heterocycles. The molecular weight excluding hydrogens is 470 g/mol. The van der Waals surface area contributed by atoms with E-state index < -0.39 is 22.8 Å². The van der Waals surface area contributed by atoms with Crippen molar-refractivity contribution < 1.29 is 28.0 Å². The maximum Gasteiger partial charge on any atom is 0.231 e. The molecule has 0 bridgehead atoms. The van der Waals surface area contributed by atoms with Crippen molar-refractivity contribution in [2.24, 2.45) is 7.05 Å². The van der Waals surface area contributed by atoms with E-state index in [0.29, 0.717) is 35.5 Å². The van der Waals surface area contributed by atoms with Gasteiger partial charge in [0, 0.05) is 18.2 Å². The van der Waals surface area contributed by atoms with Crippen molar-refractivity contribution in [3.8, 4) is 22.6 Å². The van der Waals surface area contributed by atoms with Crippen molar-refractivity contribution in [2.75, 3.05) is 18.9 Å². The van der Waals surface area contributed by atoms with Gasteiger partial charge < -0.3 is 19.9 Å². The third-order valence-electron chi connectivity index (χ3n) is 5.40. The lowest BCUT2D eigenvalue weighted by Crippen LogP contribution is -2.38. The second kappa shape index (κ2) is 8.65. The Kier molecular flexibility index (Phi) is 5.66. The number of aromatic nitrogens is 5. The highest BCUT2D eigenvalue weighted by molar-refractivity contribution is 6.31. The Balaban J connectivity index is 1.73. The number of aryl methyl sites for hydroxylation is 1. The fourth-order valence-corrected chi connectivity index (χ4v) is 3.79. The predicted octanol–water partition coefficient (Wildman–Crippen LogP) is 3.28. The number of fused-ring (bicyclic) bond motifs is 1. The number of anilines is 1. The SMILES string of the molecule is C[C@H](Oc1c(OC2COC2)cc(-c2ccc(F)c(Cl)c2F)c2nc[nH+]c(N)c12)c1ncn(C)n1. The first kappa shape index (κ1) is 22.2. The topological polar surface area (TPSA) is 111 Å². The van der Waals surface area contributed by atoms with E-state index in [0.717, 1.165) is 6.07 Å². The van der Waals surface area contributed by atoms with Crippen LogP contribution in [0.1, 0.15) is 18.9 Å². The lowest BCUT2D eigenvalue weighted by Gasteiger charge is -2.28. The monoisotopic (exact) mass is 489 g/mol. The van der Waals surface area contributed by atoms with Gasteiger partial charge in [-0.15, -0.1) is 4.98 Å². The molecule has 9 nitrogen and oxygen atoms in total. The van der Waals surface area contributed by atoms with Crippen LogP contribution in [0.2, 0.25) is 5.02 Å². The molecule has 1 aliphatic heterocycles. The molecular formula is C22H20ClF2N6O3+. The number of hydrogen-bond acceptors (Lipinski definition) is 7. The van der Waals surface area contributed by atoms with Crippen LogP contribution in [0.4, 0.5) is 14.6 Å². The number of ether oxygens (including phenoxy) is 3. The third kappa shape index (κ3) is 3.86. The van der Waals surface area contributed by atoms with Gasteiger partial charge in [0.2, 0.25) is 12.1 Å². The smallest absolute Gasteiger partial charge is 0.231 e. The summed E-state index contributed by atoms with van der Waals surface area (Å²) in [6, 6.07) is 3.95. The van der Waals surface area contributed by atoms with Crippen molar-refractivity contribution in [3.63, 3.8) is 0 Å². The number of halogens is 3. The zero-order valence-electron chi connectivity index (χ0n) is 18.2. The maximum absolute atomic E-state index is 15.0. The minimum absolute atomic E-state index is 0.0372. The van der Waals surface area contributed by atoms with Crippen molar-refractivity contribution >= 4 is 28.3 Å². The summed E-state index contributed by atoms with van der Waals surface area (Å²) in [7, 11) is 1.75. The molecule has 1 saturated heterocycles. The number of hydrogen-bond donors (Lipinski definition) is 1. The van der Waals surface area contributed by atoms with Crippen LogP contribution in [0, 0.1) is 11.6 Å². The molecule has 4 aromatic rings. The number of rotatable bonds is 6. The number of nitrogens with two attached hydrogens (primary N) is 1. The molecule has 0 radical (unpaired) electrons. The number of H-pyrrole nitrogens is 1. The summed E-state index contributed by atoms with van der Waals surface area (Å²) >= 11 is 5.85. The number of benzene rings is 2.